The van der Waals surface area contributed by atoms with Crippen molar-refractivity contribution < 1.29 is 14.4 Å². The van der Waals surface area contributed by atoms with Crippen molar-refractivity contribution in [3.8, 4) is 10.6 Å². The number of fused-ring (bicyclic) bond motifs is 1. The third kappa shape index (κ3) is 1.78. The lowest BCUT2D eigenvalue weighted by molar-refractivity contribution is 0.0686. The maximum absolute atomic E-state index is 10.7. The molecule has 0 aliphatic rings. The van der Waals surface area contributed by atoms with Crippen molar-refractivity contribution in [2.24, 2.45) is 0 Å². The lowest BCUT2D eigenvalue weighted by Gasteiger charge is -1.89. The van der Waals surface area contributed by atoms with E-state index < -0.39 is 5.97 Å². The smallest absolute Gasteiger partial charge is 0.358 e. The lowest BCUT2D eigenvalue weighted by atomic mass is 10.2. The van der Waals surface area contributed by atoms with Gasteiger partial charge in [-0.2, -0.15) is 0 Å². The van der Waals surface area contributed by atoms with E-state index in [-0.39, 0.29) is 5.69 Å². The summed E-state index contributed by atoms with van der Waals surface area (Å²) in [5, 5.41) is 13.4. The molecule has 0 bridgehead atoms. The molecule has 0 aliphatic carbocycles. The predicted molar refractivity (Wildman–Crippen MR) is 69.0 cm³/mol. The first kappa shape index (κ1) is 11.0. The molecular weight excluding hydrogens is 250 g/mol. The molecular formula is C13H9NO3S. The van der Waals surface area contributed by atoms with Crippen molar-refractivity contribution in [2.45, 2.75) is 6.92 Å². The molecule has 0 atom stereocenters. The first-order valence-corrected chi connectivity index (χ1v) is 6.16. The normalized spacial score (nSPS) is 10.9. The van der Waals surface area contributed by atoms with E-state index >= 15 is 0 Å². The monoisotopic (exact) mass is 259 g/mol. The molecule has 1 aromatic carbocycles. The number of hydrogen-bond donors (Lipinski definition) is 1. The van der Waals surface area contributed by atoms with E-state index in [1.807, 2.05) is 25.1 Å². The fourth-order valence-corrected chi connectivity index (χ4v) is 2.77. The average molecular weight is 259 g/mol. The molecule has 5 heteroatoms. The highest BCUT2D eigenvalue weighted by atomic mass is 32.1. The van der Waals surface area contributed by atoms with Crippen molar-refractivity contribution in [2.75, 3.05) is 0 Å². The molecule has 3 rings (SSSR count). The van der Waals surface area contributed by atoms with Gasteiger partial charge in [0.1, 0.15) is 0 Å². The molecule has 0 amide bonds. The summed E-state index contributed by atoms with van der Waals surface area (Å²) in [6.45, 7) is 2.04. The van der Waals surface area contributed by atoms with Crippen LogP contribution in [0.5, 0.6) is 0 Å². The molecule has 0 unspecified atom stereocenters. The molecule has 0 saturated carbocycles. The summed E-state index contributed by atoms with van der Waals surface area (Å²) in [7, 11) is 0. The van der Waals surface area contributed by atoms with E-state index in [1.165, 1.54) is 11.6 Å². The van der Waals surface area contributed by atoms with Gasteiger partial charge in [0.15, 0.2) is 11.5 Å². The highest BCUT2D eigenvalue weighted by Crippen LogP contribution is 2.34. The van der Waals surface area contributed by atoms with Crippen LogP contribution in [-0.2, 0) is 0 Å². The SMILES string of the molecule is Cc1ccc2sc(-c3cc(C(=O)O)no3)cc2c1. The van der Waals surface area contributed by atoms with Crippen LogP contribution in [0.4, 0.5) is 0 Å². The number of nitrogens with zero attached hydrogens (tertiary/aromatic N) is 1. The standard InChI is InChI=1S/C13H9NO3S/c1-7-2-3-11-8(4-7)5-12(18-11)10-6-9(13(15)16)14-17-10/h2-6H,1H3,(H,15,16). The van der Waals surface area contributed by atoms with Gasteiger partial charge >= 0.3 is 5.97 Å². The van der Waals surface area contributed by atoms with Gasteiger partial charge in [-0.25, -0.2) is 4.79 Å². The molecule has 18 heavy (non-hydrogen) atoms. The van der Waals surface area contributed by atoms with Gasteiger partial charge < -0.3 is 9.63 Å². The number of aromatic carboxylic acids is 1. The number of carboxylic acids is 1. The second kappa shape index (κ2) is 3.96. The Labute approximate surface area is 106 Å². The van der Waals surface area contributed by atoms with Gasteiger partial charge in [-0.05, 0) is 24.4 Å². The highest BCUT2D eigenvalue weighted by molar-refractivity contribution is 7.22. The Morgan fingerprint density at radius 3 is 2.89 bits per heavy atom. The van der Waals surface area contributed by atoms with Gasteiger partial charge in [-0.3, -0.25) is 0 Å². The summed E-state index contributed by atoms with van der Waals surface area (Å²) in [5.74, 6) is -0.590. The zero-order valence-corrected chi connectivity index (χ0v) is 10.3. The van der Waals surface area contributed by atoms with E-state index in [9.17, 15) is 4.79 Å². The van der Waals surface area contributed by atoms with Gasteiger partial charge in [-0.15, -0.1) is 11.3 Å². The number of aromatic nitrogens is 1. The Kier molecular flexibility index (Phi) is 2.41. The number of carbonyl (C=O) groups is 1. The molecule has 0 radical (unpaired) electrons. The van der Waals surface area contributed by atoms with Crippen molar-refractivity contribution >= 4 is 27.4 Å². The summed E-state index contributed by atoms with van der Waals surface area (Å²) in [5.41, 5.74) is 1.12. The molecule has 2 heterocycles. The first-order chi connectivity index (χ1) is 8.63. The van der Waals surface area contributed by atoms with E-state index in [4.69, 9.17) is 9.63 Å². The molecule has 1 N–H and O–H groups in total. The number of aryl methyl sites for hydroxylation is 1. The molecule has 0 spiro atoms. The predicted octanol–water partition coefficient (Wildman–Crippen LogP) is 3.56. The largest absolute Gasteiger partial charge is 0.476 e. The zero-order valence-electron chi connectivity index (χ0n) is 9.51. The summed E-state index contributed by atoms with van der Waals surface area (Å²) >= 11 is 1.56. The fraction of sp³-hybridized carbons (Fsp3) is 0.0769. The molecule has 90 valence electrons. The third-order valence-electron chi connectivity index (χ3n) is 2.64. The number of rotatable bonds is 2. The maximum atomic E-state index is 10.7. The summed E-state index contributed by atoms with van der Waals surface area (Å²) < 4.78 is 6.19. The first-order valence-electron chi connectivity index (χ1n) is 5.34. The van der Waals surface area contributed by atoms with Crippen LogP contribution in [0.2, 0.25) is 0 Å². The van der Waals surface area contributed by atoms with Crippen molar-refractivity contribution in [3.05, 3.63) is 41.6 Å². The van der Waals surface area contributed by atoms with Gasteiger partial charge in [0.2, 0.25) is 0 Å². The van der Waals surface area contributed by atoms with Gasteiger partial charge in [-0.1, -0.05) is 22.9 Å². The Balaban J connectivity index is 2.10. The number of thiophene rings is 1. The number of benzene rings is 1. The Morgan fingerprint density at radius 1 is 1.33 bits per heavy atom. The number of carboxylic acid groups (broad SMARTS) is 1. The van der Waals surface area contributed by atoms with Crippen LogP contribution < -0.4 is 0 Å². The minimum atomic E-state index is -1.08. The third-order valence-corrected chi connectivity index (χ3v) is 3.77. The second-order valence-electron chi connectivity index (χ2n) is 4.03. The lowest BCUT2D eigenvalue weighted by Crippen LogP contribution is -1.94. The average Bonchev–Trinajstić information content (AvgIpc) is 2.93. The Bertz CT molecular complexity index is 742. The summed E-state index contributed by atoms with van der Waals surface area (Å²) in [6.07, 6.45) is 0. The maximum Gasteiger partial charge on any atom is 0.358 e. The minimum Gasteiger partial charge on any atom is -0.476 e. The van der Waals surface area contributed by atoms with Crippen LogP contribution in [0.25, 0.3) is 20.7 Å². The molecule has 3 aromatic rings. The van der Waals surface area contributed by atoms with E-state index in [2.05, 4.69) is 11.2 Å². The van der Waals surface area contributed by atoms with Crippen LogP contribution in [0.15, 0.2) is 34.9 Å². The van der Waals surface area contributed by atoms with E-state index in [0.29, 0.717) is 5.76 Å². The molecule has 0 aliphatic heterocycles. The van der Waals surface area contributed by atoms with Crippen molar-refractivity contribution in [3.63, 3.8) is 0 Å². The zero-order chi connectivity index (χ0) is 12.7. The van der Waals surface area contributed by atoms with E-state index in [1.54, 1.807) is 11.3 Å². The molecule has 0 fully saturated rings. The van der Waals surface area contributed by atoms with Crippen molar-refractivity contribution in [1.82, 2.24) is 5.16 Å². The van der Waals surface area contributed by atoms with E-state index in [0.717, 1.165) is 15.0 Å². The van der Waals surface area contributed by atoms with Crippen LogP contribution in [-0.4, -0.2) is 16.2 Å². The molecule has 0 saturated heterocycles. The topological polar surface area (TPSA) is 63.3 Å². The second-order valence-corrected chi connectivity index (χ2v) is 5.12. The van der Waals surface area contributed by atoms with Crippen LogP contribution in [0, 0.1) is 6.92 Å². The van der Waals surface area contributed by atoms with Crippen LogP contribution >= 0.6 is 11.3 Å². The van der Waals surface area contributed by atoms with Gasteiger partial charge in [0, 0.05) is 10.8 Å². The Morgan fingerprint density at radius 2 is 2.17 bits per heavy atom. The van der Waals surface area contributed by atoms with Gasteiger partial charge in [0.25, 0.3) is 0 Å². The van der Waals surface area contributed by atoms with Gasteiger partial charge in [0.05, 0.1) is 4.88 Å². The van der Waals surface area contributed by atoms with Crippen LogP contribution in [0.3, 0.4) is 0 Å². The summed E-state index contributed by atoms with van der Waals surface area (Å²) in [6, 6.07) is 9.61. The van der Waals surface area contributed by atoms with Crippen LogP contribution in [0.1, 0.15) is 16.1 Å². The summed E-state index contributed by atoms with van der Waals surface area (Å²) in [4.78, 5) is 11.6. The molecule has 4 nitrogen and oxygen atoms in total. The molecule has 2 aromatic heterocycles. The Hall–Kier alpha value is -2.14. The highest BCUT2D eigenvalue weighted by Gasteiger charge is 2.14. The quantitative estimate of drug-likeness (QED) is 0.764. The minimum absolute atomic E-state index is 0.0707. The van der Waals surface area contributed by atoms with Crippen molar-refractivity contribution in [1.29, 1.82) is 0 Å². The fourth-order valence-electron chi connectivity index (χ4n) is 1.78. The number of hydrogen-bond acceptors (Lipinski definition) is 4.